The molecule has 170 valence electrons. The van der Waals surface area contributed by atoms with Crippen LogP contribution in [0.15, 0.2) is 24.3 Å². The van der Waals surface area contributed by atoms with Gasteiger partial charge in [-0.15, -0.1) is 0 Å². The third-order valence-electron chi connectivity index (χ3n) is 6.51. The Kier molecular flexibility index (Phi) is 7.90. The molecule has 3 rings (SSSR count). The molecule has 1 heterocycles. The van der Waals surface area contributed by atoms with Crippen LogP contribution < -0.4 is 16.0 Å². The molecule has 8 heteroatoms. The number of amides is 3. The van der Waals surface area contributed by atoms with E-state index in [1.165, 1.54) is 6.07 Å². The number of carbonyl (C=O) groups excluding carboxylic acids is 3. The van der Waals surface area contributed by atoms with Gasteiger partial charge in [0, 0.05) is 6.54 Å². The minimum Gasteiger partial charge on any atom is -0.506 e. The Labute approximate surface area is 183 Å². The molecule has 8 nitrogen and oxygen atoms in total. The number of phenols is 1. The molecule has 3 amide bonds. The highest BCUT2D eigenvalue weighted by Crippen LogP contribution is 2.30. The molecule has 2 aliphatic rings. The van der Waals surface area contributed by atoms with Crippen molar-refractivity contribution in [1.82, 2.24) is 15.5 Å². The summed E-state index contributed by atoms with van der Waals surface area (Å²) in [6.07, 6.45) is 6.31. The zero-order valence-electron chi connectivity index (χ0n) is 18.4. The largest absolute Gasteiger partial charge is 0.506 e. The Balaban J connectivity index is 1.75. The normalized spacial score (nSPS) is 21.4. The standard InChI is InChI=1S/C23H34N4O4/c1-15(24-2)21(29)26-20(16-9-4-3-5-10-16)23(31)27-14-8-12-18(27)22(30)25-17-11-6-7-13-19(17)28/h6-7,11,13,15-16,18,20,24,28H,3-5,8-10,12,14H2,1-2H3,(H,25,30)(H,26,29)/t15-,18-,20-/m0/s1. The molecule has 4 N–H and O–H groups in total. The number of hydrogen-bond acceptors (Lipinski definition) is 5. The summed E-state index contributed by atoms with van der Waals surface area (Å²) in [5, 5.41) is 18.6. The molecule has 0 spiro atoms. The Morgan fingerprint density at radius 2 is 1.77 bits per heavy atom. The molecule has 3 atom stereocenters. The van der Waals surface area contributed by atoms with E-state index < -0.39 is 18.1 Å². The molecular weight excluding hydrogens is 396 g/mol. The van der Waals surface area contributed by atoms with Crippen LogP contribution >= 0.6 is 0 Å². The number of hydrogen-bond donors (Lipinski definition) is 4. The highest BCUT2D eigenvalue weighted by molar-refractivity contribution is 5.99. The van der Waals surface area contributed by atoms with Gasteiger partial charge in [0.1, 0.15) is 17.8 Å². The summed E-state index contributed by atoms with van der Waals surface area (Å²) < 4.78 is 0. The minimum atomic E-state index is -0.623. The van der Waals surface area contributed by atoms with Crippen molar-refractivity contribution in [2.45, 2.75) is 70.0 Å². The fraction of sp³-hybridized carbons (Fsp3) is 0.609. The van der Waals surface area contributed by atoms with Crippen LogP contribution in [0.25, 0.3) is 0 Å². The number of benzene rings is 1. The molecule has 1 aromatic rings. The van der Waals surface area contributed by atoms with Crippen LogP contribution in [0.2, 0.25) is 0 Å². The van der Waals surface area contributed by atoms with Gasteiger partial charge in [0.05, 0.1) is 11.7 Å². The maximum atomic E-state index is 13.6. The third-order valence-corrected chi connectivity index (χ3v) is 6.51. The van der Waals surface area contributed by atoms with Crippen molar-refractivity contribution in [1.29, 1.82) is 0 Å². The summed E-state index contributed by atoms with van der Waals surface area (Å²) in [4.78, 5) is 40.7. The van der Waals surface area contributed by atoms with E-state index in [1.807, 2.05) is 0 Å². The van der Waals surface area contributed by atoms with Crippen LogP contribution in [0.5, 0.6) is 5.75 Å². The summed E-state index contributed by atoms with van der Waals surface area (Å²) in [5.74, 6) is -0.638. The van der Waals surface area contributed by atoms with E-state index in [-0.39, 0.29) is 29.4 Å². The van der Waals surface area contributed by atoms with Crippen LogP contribution in [-0.2, 0) is 14.4 Å². The monoisotopic (exact) mass is 430 g/mol. The smallest absolute Gasteiger partial charge is 0.247 e. The van der Waals surface area contributed by atoms with Crippen LogP contribution in [0.3, 0.4) is 0 Å². The Morgan fingerprint density at radius 1 is 1.06 bits per heavy atom. The highest BCUT2D eigenvalue weighted by atomic mass is 16.3. The van der Waals surface area contributed by atoms with Gasteiger partial charge in [-0.2, -0.15) is 0 Å². The number of likely N-dealkylation sites (N-methyl/N-ethyl adjacent to an activating group) is 1. The van der Waals surface area contributed by atoms with Crippen molar-refractivity contribution >= 4 is 23.4 Å². The predicted molar refractivity (Wildman–Crippen MR) is 118 cm³/mol. The molecule has 0 aromatic heterocycles. The van der Waals surface area contributed by atoms with Gasteiger partial charge < -0.3 is 26.0 Å². The number of carbonyl (C=O) groups is 3. The van der Waals surface area contributed by atoms with Gasteiger partial charge >= 0.3 is 0 Å². The van der Waals surface area contributed by atoms with Crippen molar-refractivity contribution in [2.24, 2.45) is 5.92 Å². The first kappa shape index (κ1) is 23.1. The van der Waals surface area contributed by atoms with E-state index in [1.54, 1.807) is 37.1 Å². The molecule has 2 fully saturated rings. The molecule has 0 bridgehead atoms. The van der Waals surface area contributed by atoms with Gasteiger partial charge in [0.15, 0.2) is 0 Å². The number of anilines is 1. The van der Waals surface area contributed by atoms with E-state index in [9.17, 15) is 19.5 Å². The number of rotatable bonds is 7. The number of aromatic hydroxyl groups is 1. The van der Waals surface area contributed by atoms with Crippen LogP contribution in [0, 0.1) is 5.92 Å². The summed E-state index contributed by atoms with van der Waals surface area (Å²) in [7, 11) is 1.71. The van der Waals surface area contributed by atoms with Gasteiger partial charge in [0.2, 0.25) is 17.7 Å². The number of nitrogens with one attached hydrogen (secondary N) is 3. The highest BCUT2D eigenvalue weighted by Gasteiger charge is 2.41. The van der Waals surface area contributed by atoms with Gasteiger partial charge in [0.25, 0.3) is 0 Å². The number of para-hydroxylation sites is 2. The first-order valence-corrected chi connectivity index (χ1v) is 11.3. The lowest BCUT2D eigenvalue weighted by atomic mass is 9.83. The Morgan fingerprint density at radius 3 is 2.45 bits per heavy atom. The lowest BCUT2D eigenvalue weighted by Crippen LogP contribution is -2.57. The SMILES string of the molecule is CN[C@@H](C)C(=O)N[C@H](C(=O)N1CCC[C@H]1C(=O)Nc1ccccc1O)C1CCCCC1. The first-order chi connectivity index (χ1) is 14.9. The fourth-order valence-electron chi connectivity index (χ4n) is 4.54. The van der Waals surface area contributed by atoms with E-state index >= 15 is 0 Å². The number of nitrogens with zero attached hydrogens (tertiary/aromatic N) is 1. The predicted octanol–water partition coefficient (Wildman–Crippen LogP) is 1.99. The summed E-state index contributed by atoms with van der Waals surface area (Å²) in [5.41, 5.74) is 0.326. The van der Waals surface area contributed by atoms with Crippen molar-refractivity contribution < 1.29 is 19.5 Å². The van der Waals surface area contributed by atoms with E-state index in [4.69, 9.17) is 0 Å². The van der Waals surface area contributed by atoms with E-state index in [0.717, 1.165) is 38.5 Å². The Bertz CT molecular complexity index is 794. The van der Waals surface area contributed by atoms with Crippen molar-refractivity contribution in [3.05, 3.63) is 24.3 Å². The second-order valence-corrected chi connectivity index (χ2v) is 8.59. The molecule has 1 saturated carbocycles. The van der Waals surface area contributed by atoms with E-state index in [2.05, 4.69) is 16.0 Å². The first-order valence-electron chi connectivity index (χ1n) is 11.3. The van der Waals surface area contributed by atoms with Crippen molar-refractivity contribution in [2.75, 3.05) is 18.9 Å². The van der Waals surface area contributed by atoms with Crippen molar-refractivity contribution in [3.63, 3.8) is 0 Å². The number of phenolic OH excluding ortho intramolecular Hbond substituents is 1. The maximum absolute atomic E-state index is 13.6. The molecule has 0 unspecified atom stereocenters. The minimum absolute atomic E-state index is 0.0138. The zero-order chi connectivity index (χ0) is 22.4. The quantitative estimate of drug-likeness (QED) is 0.495. The lowest BCUT2D eigenvalue weighted by Gasteiger charge is -2.35. The fourth-order valence-corrected chi connectivity index (χ4v) is 4.54. The third kappa shape index (κ3) is 5.55. The van der Waals surface area contributed by atoms with Gasteiger partial charge in [-0.3, -0.25) is 14.4 Å². The average molecular weight is 431 g/mol. The molecule has 1 aliphatic carbocycles. The average Bonchev–Trinajstić information content (AvgIpc) is 3.28. The zero-order valence-corrected chi connectivity index (χ0v) is 18.4. The maximum Gasteiger partial charge on any atom is 0.247 e. The van der Waals surface area contributed by atoms with Crippen LogP contribution in [-0.4, -0.2) is 59.4 Å². The van der Waals surface area contributed by atoms with Gasteiger partial charge in [-0.25, -0.2) is 0 Å². The van der Waals surface area contributed by atoms with Crippen molar-refractivity contribution in [3.8, 4) is 5.75 Å². The number of likely N-dealkylation sites (tertiary alicyclic amines) is 1. The Hall–Kier alpha value is -2.61. The molecule has 1 saturated heterocycles. The topological polar surface area (TPSA) is 111 Å². The van der Waals surface area contributed by atoms with Crippen LogP contribution in [0.1, 0.15) is 51.9 Å². The summed E-state index contributed by atoms with van der Waals surface area (Å²) >= 11 is 0. The van der Waals surface area contributed by atoms with Crippen LogP contribution in [0.4, 0.5) is 5.69 Å². The van der Waals surface area contributed by atoms with E-state index in [0.29, 0.717) is 18.7 Å². The second kappa shape index (κ2) is 10.6. The molecule has 1 aliphatic heterocycles. The summed E-state index contributed by atoms with van der Waals surface area (Å²) in [6.45, 7) is 2.24. The lowest BCUT2D eigenvalue weighted by molar-refractivity contribution is -0.142. The molecule has 0 radical (unpaired) electrons. The molecular formula is C23H34N4O4. The van der Waals surface area contributed by atoms with Gasteiger partial charge in [-0.1, -0.05) is 31.4 Å². The second-order valence-electron chi connectivity index (χ2n) is 8.59. The molecule has 31 heavy (non-hydrogen) atoms. The summed E-state index contributed by atoms with van der Waals surface area (Å²) in [6, 6.07) is 4.89. The molecule has 1 aromatic carbocycles. The van der Waals surface area contributed by atoms with Gasteiger partial charge in [-0.05, 0) is 57.7 Å².